The van der Waals surface area contributed by atoms with Crippen LogP contribution in [0.15, 0.2) is 70.7 Å². The van der Waals surface area contributed by atoms with Crippen LogP contribution >= 0.6 is 23.2 Å². The molecule has 0 bridgehead atoms. The summed E-state index contributed by atoms with van der Waals surface area (Å²) in [5.41, 5.74) is 1.53. The van der Waals surface area contributed by atoms with Gasteiger partial charge in [-0.3, -0.25) is 4.79 Å². The molecule has 0 atom stereocenters. The maximum absolute atomic E-state index is 12.2. The predicted octanol–water partition coefficient (Wildman–Crippen LogP) is 5.48. The van der Waals surface area contributed by atoms with Crippen molar-refractivity contribution < 1.29 is 9.21 Å². The summed E-state index contributed by atoms with van der Waals surface area (Å²) in [5.74, 6) is 0.392. The van der Waals surface area contributed by atoms with E-state index in [4.69, 9.17) is 27.6 Å². The van der Waals surface area contributed by atoms with Crippen molar-refractivity contribution in [3.8, 4) is 17.4 Å². The van der Waals surface area contributed by atoms with E-state index in [0.29, 0.717) is 33.7 Å². The molecular weight excluding hydrogens is 383 g/mol. The number of amides is 1. The van der Waals surface area contributed by atoms with Gasteiger partial charge in [-0.25, -0.2) is 0 Å². The number of carbonyl (C=O) groups excluding carboxylic acids is 1. The van der Waals surface area contributed by atoms with E-state index in [1.54, 1.807) is 30.3 Å². The Kier molecular flexibility index (Phi) is 5.97. The van der Waals surface area contributed by atoms with E-state index in [9.17, 15) is 10.1 Å². The molecule has 6 heteroatoms. The van der Waals surface area contributed by atoms with Gasteiger partial charge in [0, 0.05) is 23.2 Å². The van der Waals surface area contributed by atoms with Crippen LogP contribution in [0, 0.1) is 11.3 Å². The third-order valence-electron chi connectivity index (χ3n) is 3.77. The van der Waals surface area contributed by atoms with E-state index < -0.39 is 5.91 Å². The van der Waals surface area contributed by atoms with Gasteiger partial charge in [-0.2, -0.15) is 5.26 Å². The number of benzene rings is 2. The average Bonchev–Trinajstić information content (AvgIpc) is 3.15. The van der Waals surface area contributed by atoms with Crippen molar-refractivity contribution in [3.63, 3.8) is 0 Å². The topological polar surface area (TPSA) is 66.0 Å². The van der Waals surface area contributed by atoms with E-state index >= 15 is 0 Å². The van der Waals surface area contributed by atoms with Gasteiger partial charge in [0.05, 0.1) is 5.02 Å². The van der Waals surface area contributed by atoms with Crippen molar-refractivity contribution in [2.45, 2.75) is 6.54 Å². The Morgan fingerprint density at radius 2 is 1.89 bits per heavy atom. The molecule has 3 aromatic rings. The molecule has 134 valence electrons. The average molecular weight is 397 g/mol. The molecule has 0 radical (unpaired) electrons. The van der Waals surface area contributed by atoms with Crippen molar-refractivity contribution in [3.05, 3.63) is 87.6 Å². The molecule has 0 aliphatic heterocycles. The number of furan rings is 1. The first-order valence-electron chi connectivity index (χ1n) is 8.06. The lowest BCUT2D eigenvalue weighted by Crippen LogP contribution is -2.23. The van der Waals surface area contributed by atoms with Crippen LogP contribution in [0.3, 0.4) is 0 Å². The number of nitrogens with zero attached hydrogens (tertiary/aromatic N) is 1. The summed E-state index contributed by atoms with van der Waals surface area (Å²) in [7, 11) is 0. The quantitative estimate of drug-likeness (QED) is 0.458. The van der Waals surface area contributed by atoms with Crippen LogP contribution in [0.2, 0.25) is 10.0 Å². The van der Waals surface area contributed by atoms with Gasteiger partial charge < -0.3 is 9.73 Å². The molecular formula is C21H14Cl2N2O2. The fraction of sp³-hybridized carbons (Fsp3) is 0.0476. The molecule has 0 unspecified atom stereocenters. The first-order chi connectivity index (χ1) is 13.1. The van der Waals surface area contributed by atoms with E-state index in [-0.39, 0.29) is 5.57 Å². The van der Waals surface area contributed by atoms with Gasteiger partial charge in [0.15, 0.2) is 0 Å². The zero-order valence-corrected chi connectivity index (χ0v) is 15.6. The van der Waals surface area contributed by atoms with Gasteiger partial charge in [0.2, 0.25) is 0 Å². The Hall–Kier alpha value is -3.00. The summed E-state index contributed by atoms with van der Waals surface area (Å²) in [6.45, 7) is 0.334. The normalized spacial score (nSPS) is 11.1. The molecule has 0 saturated heterocycles. The lowest BCUT2D eigenvalue weighted by molar-refractivity contribution is -0.117. The van der Waals surface area contributed by atoms with E-state index in [1.165, 1.54) is 6.08 Å². The first kappa shape index (κ1) is 18.8. The van der Waals surface area contributed by atoms with Gasteiger partial charge >= 0.3 is 0 Å². The maximum atomic E-state index is 12.2. The molecule has 0 spiro atoms. The molecule has 0 aliphatic rings. The minimum Gasteiger partial charge on any atom is -0.457 e. The highest BCUT2D eigenvalue weighted by molar-refractivity contribution is 6.35. The Labute approximate surface area is 166 Å². The van der Waals surface area contributed by atoms with Crippen molar-refractivity contribution in [1.82, 2.24) is 5.32 Å². The number of carbonyl (C=O) groups is 1. The second-order valence-electron chi connectivity index (χ2n) is 5.66. The van der Waals surface area contributed by atoms with Crippen LogP contribution in [0.4, 0.5) is 0 Å². The van der Waals surface area contributed by atoms with Crippen molar-refractivity contribution in [1.29, 1.82) is 5.26 Å². The number of hydrogen-bond acceptors (Lipinski definition) is 3. The van der Waals surface area contributed by atoms with Crippen LogP contribution in [-0.2, 0) is 11.3 Å². The van der Waals surface area contributed by atoms with Gasteiger partial charge in [0.1, 0.15) is 23.2 Å². The highest BCUT2D eigenvalue weighted by Gasteiger charge is 2.12. The zero-order chi connectivity index (χ0) is 19.2. The number of rotatable bonds is 5. The summed E-state index contributed by atoms with van der Waals surface area (Å²) in [6, 6.07) is 19.8. The first-order valence-corrected chi connectivity index (χ1v) is 8.81. The van der Waals surface area contributed by atoms with Gasteiger partial charge in [-0.1, -0.05) is 53.5 Å². The Bertz CT molecular complexity index is 1030. The molecule has 0 fully saturated rings. The molecule has 1 N–H and O–H groups in total. The summed E-state index contributed by atoms with van der Waals surface area (Å²) in [4.78, 5) is 12.2. The smallest absolute Gasteiger partial charge is 0.262 e. The largest absolute Gasteiger partial charge is 0.457 e. The molecule has 0 saturated carbocycles. The maximum Gasteiger partial charge on any atom is 0.262 e. The van der Waals surface area contributed by atoms with Crippen molar-refractivity contribution in [2.75, 3.05) is 0 Å². The molecule has 1 amide bonds. The van der Waals surface area contributed by atoms with E-state index in [0.717, 1.165) is 5.56 Å². The Balaban J connectivity index is 1.76. The van der Waals surface area contributed by atoms with Crippen LogP contribution in [0.5, 0.6) is 0 Å². The molecule has 27 heavy (non-hydrogen) atoms. The fourth-order valence-corrected chi connectivity index (χ4v) is 2.81. The molecule has 2 aromatic carbocycles. The van der Waals surface area contributed by atoms with E-state index in [2.05, 4.69) is 5.32 Å². The summed E-state index contributed by atoms with van der Waals surface area (Å²) >= 11 is 12.2. The lowest BCUT2D eigenvalue weighted by Gasteiger charge is -2.04. The van der Waals surface area contributed by atoms with Gasteiger partial charge in [-0.15, -0.1) is 0 Å². The second-order valence-corrected chi connectivity index (χ2v) is 6.51. The SMILES string of the molecule is N#C/C(=C\c1ccc(-c2cc(Cl)ccc2Cl)o1)C(=O)NCc1ccccc1. The van der Waals surface area contributed by atoms with Crippen LogP contribution in [-0.4, -0.2) is 5.91 Å². The molecule has 0 aliphatic carbocycles. The van der Waals surface area contributed by atoms with Crippen LogP contribution < -0.4 is 5.32 Å². The Morgan fingerprint density at radius 1 is 1.11 bits per heavy atom. The zero-order valence-electron chi connectivity index (χ0n) is 14.1. The molecule has 1 heterocycles. The number of nitriles is 1. The fourth-order valence-electron chi connectivity index (χ4n) is 2.43. The number of nitrogens with one attached hydrogen (secondary N) is 1. The third-order valence-corrected chi connectivity index (χ3v) is 4.33. The van der Waals surface area contributed by atoms with E-state index in [1.807, 2.05) is 36.4 Å². The van der Waals surface area contributed by atoms with Crippen LogP contribution in [0.25, 0.3) is 17.4 Å². The molecule has 4 nitrogen and oxygen atoms in total. The number of halogens is 2. The lowest BCUT2D eigenvalue weighted by atomic mass is 10.2. The summed E-state index contributed by atoms with van der Waals surface area (Å²) in [6.07, 6.45) is 1.39. The van der Waals surface area contributed by atoms with Gasteiger partial charge in [-0.05, 0) is 35.9 Å². The minimum absolute atomic E-state index is 0.0518. The summed E-state index contributed by atoms with van der Waals surface area (Å²) in [5, 5.41) is 13.0. The monoisotopic (exact) mass is 396 g/mol. The highest BCUT2D eigenvalue weighted by Crippen LogP contribution is 2.32. The van der Waals surface area contributed by atoms with Crippen molar-refractivity contribution in [2.24, 2.45) is 0 Å². The second kappa shape index (κ2) is 8.59. The summed E-state index contributed by atoms with van der Waals surface area (Å²) < 4.78 is 5.70. The van der Waals surface area contributed by atoms with Crippen LogP contribution in [0.1, 0.15) is 11.3 Å². The Morgan fingerprint density at radius 3 is 2.63 bits per heavy atom. The van der Waals surface area contributed by atoms with Crippen molar-refractivity contribution >= 4 is 35.2 Å². The standard InChI is InChI=1S/C21H14Cl2N2O2/c22-16-6-8-19(23)18(11-16)20-9-7-17(27-20)10-15(12-24)21(26)25-13-14-4-2-1-3-5-14/h1-11H,13H2,(H,25,26)/b15-10+. The molecule has 1 aromatic heterocycles. The van der Waals surface area contributed by atoms with Gasteiger partial charge in [0.25, 0.3) is 5.91 Å². The predicted molar refractivity (Wildman–Crippen MR) is 106 cm³/mol. The highest BCUT2D eigenvalue weighted by atomic mass is 35.5. The third kappa shape index (κ3) is 4.79. The molecule has 3 rings (SSSR count). The number of hydrogen-bond donors (Lipinski definition) is 1. The minimum atomic E-state index is -0.472.